The number of aromatic nitrogens is 2. The standard InChI is InChI=1S/C10H14N4OS/c1-6(2)8-10(16-14-13-8)9(12-11)7-3-4-15-5-7/h3-6,9,12H,11H2,1-2H3. The quantitative estimate of drug-likeness (QED) is 0.627. The second-order valence-corrected chi connectivity index (χ2v) is 4.62. The van der Waals surface area contributed by atoms with E-state index in [0.29, 0.717) is 5.92 Å². The lowest BCUT2D eigenvalue weighted by atomic mass is 10.0. The minimum atomic E-state index is -0.101. The van der Waals surface area contributed by atoms with Crippen molar-refractivity contribution in [3.05, 3.63) is 34.7 Å². The number of furan rings is 1. The van der Waals surface area contributed by atoms with Crippen LogP contribution in [-0.4, -0.2) is 9.59 Å². The Balaban J connectivity index is 2.37. The molecule has 0 saturated heterocycles. The highest BCUT2D eigenvalue weighted by molar-refractivity contribution is 7.05. The van der Waals surface area contributed by atoms with E-state index >= 15 is 0 Å². The fourth-order valence-electron chi connectivity index (χ4n) is 1.57. The van der Waals surface area contributed by atoms with E-state index in [1.165, 1.54) is 11.5 Å². The van der Waals surface area contributed by atoms with Crippen molar-refractivity contribution in [3.8, 4) is 0 Å². The van der Waals surface area contributed by atoms with Gasteiger partial charge in [-0.25, -0.2) is 5.43 Å². The van der Waals surface area contributed by atoms with Crippen LogP contribution in [0.25, 0.3) is 0 Å². The Hall–Kier alpha value is -1.24. The summed E-state index contributed by atoms with van der Waals surface area (Å²) in [6, 6.07) is 1.78. The molecule has 2 aromatic rings. The molecule has 5 nitrogen and oxygen atoms in total. The van der Waals surface area contributed by atoms with Crippen LogP contribution in [0.5, 0.6) is 0 Å². The van der Waals surface area contributed by atoms with Crippen LogP contribution >= 0.6 is 11.5 Å². The minimum absolute atomic E-state index is 0.101. The van der Waals surface area contributed by atoms with E-state index in [1.54, 1.807) is 12.5 Å². The van der Waals surface area contributed by atoms with Crippen LogP contribution in [0.3, 0.4) is 0 Å². The molecule has 0 aromatic carbocycles. The van der Waals surface area contributed by atoms with Gasteiger partial charge in [0, 0.05) is 5.56 Å². The molecule has 1 unspecified atom stereocenters. The Morgan fingerprint density at radius 3 is 2.88 bits per heavy atom. The number of hydrogen-bond donors (Lipinski definition) is 2. The van der Waals surface area contributed by atoms with Gasteiger partial charge in [-0.05, 0) is 23.5 Å². The zero-order valence-electron chi connectivity index (χ0n) is 9.18. The molecule has 0 fully saturated rings. The van der Waals surface area contributed by atoms with Crippen molar-refractivity contribution in [1.29, 1.82) is 0 Å². The highest BCUT2D eigenvalue weighted by atomic mass is 32.1. The summed E-state index contributed by atoms with van der Waals surface area (Å²) in [6.45, 7) is 4.17. The van der Waals surface area contributed by atoms with Gasteiger partial charge in [-0.3, -0.25) is 5.84 Å². The molecule has 1 atom stereocenters. The lowest BCUT2D eigenvalue weighted by Gasteiger charge is -2.14. The third-order valence-electron chi connectivity index (χ3n) is 2.39. The van der Waals surface area contributed by atoms with Crippen LogP contribution in [0.4, 0.5) is 0 Å². The number of nitrogens with one attached hydrogen (secondary N) is 1. The molecule has 2 rings (SSSR count). The van der Waals surface area contributed by atoms with Crippen LogP contribution in [0, 0.1) is 0 Å². The van der Waals surface area contributed by atoms with Gasteiger partial charge >= 0.3 is 0 Å². The average molecular weight is 238 g/mol. The Kier molecular flexibility index (Phi) is 3.33. The van der Waals surface area contributed by atoms with E-state index in [2.05, 4.69) is 28.9 Å². The maximum atomic E-state index is 5.58. The van der Waals surface area contributed by atoms with Gasteiger partial charge in [-0.1, -0.05) is 18.3 Å². The van der Waals surface area contributed by atoms with Crippen molar-refractivity contribution in [2.75, 3.05) is 0 Å². The summed E-state index contributed by atoms with van der Waals surface area (Å²) in [4.78, 5) is 1.04. The lowest BCUT2D eigenvalue weighted by Crippen LogP contribution is -2.28. The van der Waals surface area contributed by atoms with E-state index in [9.17, 15) is 0 Å². The summed E-state index contributed by atoms with van der Waals surface area (Å²) < 4.78 is 9.05. The largest absolute Gasteiger partial charge is 0.472 e. The monoisotopic (exact) mass is 238 g/mol. The van der Waals surface area contributed by atoms with E-state index in [0.717, 1.165) is 16.1 Å². The Morgan fingerprint density at radius 2 is 2.31 bits per heavy atom. The lowest BCUT2D eigenvalue weighted by molar-refractivity contribution is 0.553. The highest BCUT2D eigenvalue weighted by Crippen LogP contribution is 2.30. The third-order valence-corrected chi connectivity index (χ3v) is 3.20. The summed E-state index contributed by atoms with van der Waals surface area (Å²) in [5.41, 5.74) is 4.74. The summed E-state index contributed by atoms with van der Waals surface area (Å²) in [7, 11) is 0. The second-order valence-electron chi connectivity index (χ2n) is 3.83. The first-order valence-electron chi connectivity index (χ1n) is 5.04. The first kappa shape index (κ1) is 11.3. The molecule has 0 aliphatic rings. The fraction of sp³-hybridized carbons (Fsp3) is 0.400. The normalized spacial score (nSPS) is 13.2. The molecule has 3 N–H and O–H groups in total. The zero-order valence-corrected chi connectivity index (χ0v) is 9.99. The summed E-state index contributed by atoms with van der Waals surface area (Å²) in [5.74, 6) is 5.91. The van der Waals surface area contributed by atoms with Crippen molar-refractivity contribution < 1.29 is 4.42 Å². The molecule has 6 heteroatoms. The van der Waals surface area contributed by atoms with Crippen molar-refractivity contribution in [2.45, 2.75) is 25.8 Å². The van der Waals surface area contributed by atoms with Crippen LogP contribution in [0.2, 0.25) is 0 Å². The molecule has 0 aliphatic carbocycles. The van der Waals surface area contributed by atoms with Crippen LogP contribution in [0.1, 0.15) is 41.9 Å². The second kappa shape index (κ2) is 4.73. The predicted molar refractivity (Wildman–Crippen MR) is 61.9 cm³/mol. The van der Waals surface area contributed by atoms with Gasteiger partial charge in [-0.2, -0.15) is 0 Å². The number of hydrogen-bond acceptors (Lipinski definition) is 6. The summed E-state index contributed by atoms with van der Waals surface area (Å²) in [5, 5.41) is 4.14. The van der Waals surface area contributed by atoms with Gasteiger partial charge in [0.15, 0.2) is 0 Å². The smallest absolute Gasteiger partial charge is 0.0954 e. The van der Waals surface area contributed by atoms with Crippen molar-refractivity contribution >= 4 is 11.5 Å². The van der Waals surface area contributed by atoms with Gasteiger partial charge in [0.25, 0.3) is 0 Å². The average Bonchev–Trinajstić information content (AvgIpc) is 2.88. The van der Waals surface area contributed by atoms with Crippen molar-refractivity contribution in [1.82, 2.24) is 15.0 Å². The molecule has 2 aromatic heterocycles. The van der Waals surface area contributed by atoms with Gasteiger partial charge in [0.05, 0.1) is 29.1 Å². The van der Waals surface area contributed by atoms with E-state index < -0.39 is 0 Å². The molecular formula is C10H14N4OS. The first-order chi connectivity index (χ1) is 7.74. The van der Waals surface area contributed by atoms with Gasteiger partial charge in [0.2, 0.25) is 0 Å². The van der Waals surface area contributed by atoms with Crippen molar-refractivity contribution in [2.24, 2.45) is 5.84 Å². The number of nitrogens with two attached hydrogens (primary N) is 1. The molecule has 2 heterocycles. The number of hydrazine groups is 1. The Bertz CT molecular complexity index is 437. The first-order valence-corrected chi connectivity index (χ1v) is 5.81. The predicted octanol–water partition coefficient (Wildman–Crippen LogP) is 1.81. The molecule has 0 saturated carbocycles. The fourth-order valence-corrected chi connectivity index (χ4v) is 2.46. The van der Waals surface area contributed by atoms with Gasteiger partial charge in [0.1, 0.15) is 0 Å². The molecule has 0 amide bonds. The molecule has 16 heavy (non-hydrogen) atoms. The van der Waals surface area contributed by atoms with Gasteiger partial charge < -0.3 is 4.42 Å². The highest BCUT2D eigenvalue weighted by Gasteiger charge is 2.22. The Morgan fingerprint density at radius 1 is 1.50 bits per heavy atom. The van der Waals surface area contributed by atoms with Gasteiger partial charge in [-0.15, -0.1) is 5.10 Å². The molecule has 0 bridgehead atoms. The maximum absolute atomic E-state index is 5.58. The number of nitrogens with zero attached hydrogens (tertiary/aromatic N) is 2. The topological polar surface area (TPSA) is 77.0 Å². The molecule has 0 radical (unpaired) electrons. The van der Waals surface area contributed by atoms with Crippen molar-refractivity contribution in [3.63, 3.8) is 0 Å². The molecule has 86 valence electrons. The molecule has 0 spiro atoms. The maximum Gasteiger partial charge on any atom is 0.0954 e. The van der Waals surface area contributed by atoms with E-state index in [4.69, 9.17) is 10.3 Å². The van der Waals surface area contributed by atoms with Crippen LogP contribution < -0.4 is 11.3 Å². The SMILES string of the molecule is CC(C)c1nnsc1C(NN)c1ccoc1. The van der Waals surface area contributed by atoms with Crippen LogP contribution in [-0.2, 0) is 0 Å². The number of rotatable bonds is 4. The van der Waals surface area contributed by atoms with E-state index in [-0.39, 0.29) is 6.04 Å². The minimum Gasteiger partial charge on any atom is -0.472 e. The molecular weight excluding hydrogens is 224 g/mol. The summed E-state index contributed by atoms with van der Waals surface area (Å²) in [6.07, 6.45) is 3.30. The van der Waals surface area contributed by atoms with E-state index in [1.807, 2.05) is 6.07 Å². The Labute approximate surface area is 97.8 Å². The molecule has 0 aliphatic heterocycles. The summed E-state index contributed by atoms with van der Waals surface area (Å²) >= 11 is 1.36. The van der Waals surface area contributed by atoms with Crippen LogP contribution in [0.15, 0.2) is 23.0 Å². The zero-order chi connectivity index (χ0) is 11.5. The third kappa shape index (κ3) is 1.99.